The molecule has 0 radical (unpaired) electrons. The fourth-order valence-corrected chi connectivity index (χ4v) is 5.33. The highest BCUT2D eigenvalue weighted by atomic mass is 16.5. The van der Waals surface area contributed by atoms with Gasteiger partial charge in [0, 0.05) is 29.1 Å². The first kappa shape index (κ1) is 22.4. The van der Waals surface area contributed by atoms with E-state index in [-0.39, 0.29) is 23.2 Å². The Balaban J connectivity index is 1.32. The Morgan fingerprint density at radius 1 is 0.861 bits per heavy atom. The van der Waals surface area contributed by atoms with Crippen LogP contribution in [0, 0.1) is 0 Å². The third-order valence-corrected chi connectivity index (χ3v) is 7.11. The highest BCUT2D eigenvalue weighted by Gasteiger charge is 2.35. The van der Waals surface area contributed by atoms with Crippen LogP contribution < -0.4 is 4.74 Å². The zero-order valence-electron chi connectivity index (χ0n) is 19.7. The third-order valence-electron chi connectivity index (χ3n) is 7.11. The van der Waals surface area contributed by atoms with E-state index in [0.717, 1.165) is 19.6 Å². The number of hydrogen-bond acceptors (Lipinski definition) is 6. The summed E-state index contributed by atoms with van der Waals surface area (Å²) in [5.41, 5.74) is 2.69. The van der Waals surface area contributed by atoms with Crippen molar-refractivity contribution in [3.05, 3.63) is 77.4 Å². The van der Waals surface area contributed by atoms with Crippen LogP contribution in [0.25, 0.3) is 22.2 Å². The van der Waals surface area contributed by atoms with Gasteiger partial charge < -0.3 is 14.9 Å². The minimum atomic E-state index is -0.344. The van der Waals surface area contributed by atoms with Crippen molar-refractivity contribution in [1.82, 2.24) is 9.47 Å². The number of aromatic nitrogens is 1. The molecule has 2 aliphatic rings. The first-order valence-corrected chi connectivity index (χ1v) is 12.3. The molecule has 2 N–H and O–H groups in total. The first-order valence-electron chi connectivity index (χ1n) is 12.3. The third kappa shape index (κ3) is 3.72. The van der Waals surface area contributed by atoms with E-state index in [1.807, 2.05) is 0 Å². The molecule has 7 nitrogen and oxygen atoms in total. The van der Waals surface area contributed by atoms with Crippen molar-refractivity contribution in [1.29, 1.82) is 0 Å². The minimum absolute atomic E-state index is 0.000503. The maximum atomic E-state index is 13.8. The van der Waals surface area contributed by atoms with Crippen LogP contribution in [0.4, 0.5) is 0 Å². The molecule has 182 valence electrons. The monoisotopic (exact) mass is 482 g/mol. The smallest absolute Gasteiger partial charge is 0.263 e. The van der Waals surface area contributed by atoms with Gasteiger partial charge in [0.1, 0.15) is 23.9 Å². The minimum Gasteiger partial charge on any atom is -0.508 e. The van der Waals surface area contributed by atoms with Gasteiger partial charge in [-0.05, 0) is 80.5 Å². The van der Waals surface area contributed by atoms with E-state index in [9.17, 15) is 19.8 Å². The van der Waals surface area contributed by atoms with E-state index < -0.39 is 0 Å². The zero-order chi connectivity index (χ0) is 24.8. The number of nitrogens with zero attached hydrogens (tertiary/aromatic N) is 2. The van der Waals surface area contributed by atoms with Crippen LogP contribution in [-0.4, -0.2) is 57.6 Å². The molecule has 6 rings (SSSR count). The largest absolute Gasteiger partial charge is 0.508 e. The van der Waals surface area contributed by atoms with Crippen LogP contribution >= 0.6 is 0 Å². The number of ether oxygens (including phenoxy) is 1. The molecule has 1 saturated heterocycles. The average molecular weight is 483 g/mol. The van der Waals surface area contributed by atoms with Crippen molar-refractivity contribution in [2.75, 3.05) is 26.2 Å². The predicted molar refractivity (Wildman–Crippen MR) is 136 cm³/mol. The van der Waals surface area contributed by atoms with Gasteiger partial charge in [0.25, 0.3) is 5.91 Å². The van der Waals surface area contributed by atoms with Gasteiger partial charge in [0.15, 0.2) is 5.78 Å². The quantitative estimate of drug-likeness (QED) is 0.337. The van der Waals surface area contributed by atoms with Crippen molar-refractivity contribution in [3.8, 4) is 28.5 Å². The second kappa shape index (κ2) is 8.84. The highest BCUT2D eigenvalue weighted by Crippen LogP contribution is 2.43. The Morgan fingerprint density at radius 2 is 1.58 bits per heavy atom. The number of fused-ring (bicyclic) bond motifs is 5. The van der Waals surface area contributed by atoms with E-state index in [4.69, 9.17) is 4.74 Å². The van der Waals surface area contributed by atoms with Crippen LogP contribution in [0.2, 0.25) is 0 Å². The molecule has 0 bridgehead atoms. The SMILES string of the molecule is O=C(c1ccc(OCCN2CCCCC2)cc1)c1c2n(c3cc(O)ccc13)C(=O)c1cc(O)ccc1-2. The number of piperidine rings is 1. The molecular formula is C29H26N2O5. The Morgan fingerprint density at radius 3 is 2.36 bits per heavy atom. The van der Waals surface area contributed by atoms with Gasteiger partial charge in [-0.1, -0.05) is 6.42 Å². The number of carbonyl (C=O) groups excluding carboxylic acids is 2. The Bertz CT molecular complexity index is 1500. The van der Waals surface area contributed by atoms with Gasteiger partial charge in [0.05, 0.1) is 22.3 Å². The number of phenolic OH excluding ortho intramolecular Hbond substituents is 2. The topological polar surface area (TPSA) is 92.0 Å². The summed E-state index contributed by atoms with van der Waals surface area (Å²) in [6.07, 6.45) is 3.79. The number of carbonyl (C=O) groups is 2. The summed E-state index contributed by atoms with van der Waals surface area (Å²) >= 11 is 0. The molecular weight excluding hydrogens is 456 g/mol. The maximum Gasteiger partial charge on any atom is 0.263 e. The molecule has 0 unspecified atom stereocenters. The molecule has 4 aromatic rings. The molecule has 3 aromatic carbocycles. The van der Waals surface area contributed by atoms with Crippen LogP contribution in [0.5, 0.6) is 17.2 Å². The number of phenols is 2. The normalized spacial score (nSPS) is 15.2. The van der Waals surface area contributed by atoms with Gasteiger partial charge in [-0.25, -0.2) is 0 Å². The fourth-order valence-electron chi connectivity index (χ4n) is 5.33. The number of rotatable bonds is 6. The van der Waals surface area contributed by atoms with E-state index >= 15 is 0 Å². The van der Waals surface area contributed by atoms with Crippen molar-refractivity contribution >= 4 is 22.6 Å². The summed E-state index contributed by atoms with van der Waals surface area (Å²) in [5, 5.41) is 20.6. The summed E-state index contributed by atoms with van der Waals surface area (Å²) < 4.78 is 7.36. The molecule has 0 amide bonds. The zero-order valence-corrected chi connectivity index (χ0v) is 19.7. The molecule has 2 aliphatic heterocycles. The van der Waals surface area contributed by atoms with Gasteiger partial charge in [-0.2, -0.15) is 0 Å². The lowest BCUT2D eigenvalue weighted by Crippen LogP contribution is -2.33. The molecule has 1 fully saturated rings. The number of benzene rings is 3. The number of hydrogen-bond donors (Lipinski definition) is 2. The maximum absolute atomic E-state index is 13.8. The lowest BCUT2D eigenvalue weighted by molar-refractivity contribution is 0.0973. The number of ketones is 1. The van der Waals surface area contributed by atoms with Crippen LogP contribution in [0.1, 0.15) is 45.5 Å². The van der Waals surface area contributed by atoms with Gasteiger partial charge in [-0.3, -0.25) is 19.1 Å². The van der Waals surface area contributed by atoms with Crippen LogP contribution in [-0.2, 0) is 0 Å². The molecule has 0 aliphatic carbocycles. The van der Waals surface area contributed by atoms with E-state index in [1.54, 1.807) is 36.4 Å². The summed E-state index contributed by atoms with van der Waals surface area (Å²) in [4.78, 5) is 29.4. The van der Waals surface area contributed by atoms with E-state index in [1.165, 1.54) is 48.1 Å². The fraction of sp³-hybridized carbons (Fsp3) is 0.241. The van der Waals surface area contributed by atoms with Gasteiger partial charge >= 0.3 is 0 Å². The second-order valence-electron chi connectivity index (χ2n) is 9.40. The van der Waals surface area contributed by atoms with E-state index in [0.29, 0.717) is 51.2 Å². The van der Waals surface area contributed by atoms with Crippen LogP contribution in [0.3, 0.4) is 0 Å². The van der Waals surface area contributed by atoms with Crippen molar-refractivity contribution in [3.63, 3.8) is 0 Å². The summed E-state index contributed by atoms with van der Waals surface area (Å²) in [6, 6.07) is 16.3. The number of aromatic hydroxyl groups is 2. The van der Waals surface area contributed by atoms with Gasteiger partial charge in [-0.15, -0.1) is 0 Å². The highest BCUT2D eigenvalue weighted by molar-refractivity contribution is 6.26. The Labute approximate surface area is 208 Å². The molecule has 0 atom stereocenters. The van der Waals surface area contributed by atoms with E-state index in [2.05, 4.69) is 4.90 Å². The Hall–Kier alpha value is -4.10. The average Bonchev–Trinajstić information content (AvgIpc) is 3.36. The lowest BCUT2D eigenvalue weighted by Gasteiger charge is -2.26. The van der Waals surface area contributed by atoms with Crippen LogP contribution in [0.15, 0.2) is 60.7 Å². The lowest BCUT2D eigenvalue weighted by atomic mass is 9.96. The predicted octanol–water partition coefficient (Wildman–Crippen LogP) is 4.82. The summed E-state index contributed by atoms with van der Waals surface area (Å²) in [7, 11) is 0. The van der Waals surface area contributed by atoms with Gasteiger partial charge in [0.2, 0.25) is 0 Å². The van der Waals surface area contributed by atoms with Crippen molar-refractivity contribution in [2.45, 2.75) is 19.3 Å². The second-order valence-corrected chi connectivity index (χ2v) is 9.40. The standard InChI is InChI=1S/C29H26N2O5/c32-19-6-10-22-24(16-19)29(35)31-25-17-20(33)7-11-23(25)26(27(22)31)28(34)18-4-8-21(9-5-18)36-15-14-30-12-2-1-3-13-30/h4-11,16-17,32-33H,1-3,12-15H2. The summed E-state index contributed by atoms with van der Waals surface area (Å²) in [6.45, 7) is 3.73. The molecule has 0 saturated carbocycles. The molecule has 7 heteroatoms. The molecule has 3 heterocycles. The van der Waals surface area contributed by atoms with Crippen molar-refractivity contribution < 1.29 is 24.5 Å². The molecule has 0 spiro atoms. The number of likely N-dealkylation sites (tertiary alicyclic amines) is 1. The molecule has 1 aromatic heterocycles. The van der Waals surface area contributed by atoms with Crippen molar-refractivity contribution in [2.24, 2.45) is 0 Å². The summed E-state index contributed by atoms with van der Waals surface area (Å²) in [5.74, 6) is 0.107. The Kier molecular flexibility index (Phi) is 5.49. The first-order chi connectivity index (χ1) is 17.5. The molecule has 36 heavy (non-hydrogen) atoms.